The maximum absolute atomic E-state index is 14.0. The molecule has 0 aromatic heterocycles. The summed E-state index contributed by atoms with van der Waals surface area (Å²) in [4.78, 5) is 104. The van der Waals surface area contributed by atoms with Gasteiger partial charge in [-0.05, 0) is 43.9 Å². The predicted octanol–water partition coefficient (Wildman–Crippen LogP) is -5.94. The van der Waals surface area contributed by atoms with Crippen LogP contribution in [0, 0.1) is 17.8 Å². The van der Waals surface area contributed by atoms with Gasteiger partial charge in [-0.25, -0.2) is 4.79 Å². The topological polar surface area (TPSA) is 406 Å². The van der Waals surface area contributed by atoms with Gasteiger partial charge in [0, 0.05) is 6.54 Å². The van der Waals surface area contributed by atoms with Crippen molar-refractivity contribution in [2.24, 2.45) is 29.2 Å². The molecule has 0 saturated heterocycles. The van der Waals surface area contributed by atoms with Crippen LogP contribution in [0.5, 0.6) is 0 Å². The number of carbonyl (C=O) groups excluding carboxylic acids is 7. The Morgan fingerprint density at radius 3 is 1.45 bits per heavy atom. The van der Waals surface area contributed by atoms with Crippen LogP contribution in [0.2, 0.25) is 0 Å². The summed E-state index contributed by atoms with van der Waals surface area (Å²) in [6, 6.07) is -12.4. The molecule has 7 amide bonds. The van der Waals surface area contributed by atoms with Crippen LogP contribution in [0.4, 0.5) is 0 Å². The number of nitrogens with two attached hydrogens (primary N) is 2. The summed E-state index contributed by atoms with van der Waals surface area (Å²) in [6.07, 6.45) is -2.19. The van der Waals surface area contributed by atoms with Gasteiger partial charge >= 0.3 is 5.97 Å². The molecule has 11 atom stereocenters. The third-order valence-electron chi connectivity index (χ3n) is 9.63. The fourth-order valence-electron chi connectivity index (χ4n) is 5.62. The second-order valence-corrected chi connectivity index (χ2v) is 15.8. The van der Waals surface area contributed by atoms with E-state index in [9.17, 15) is 58.8 Å². The summed E-state index contributed by atoms with van der Waals surface area (Å²) in [5.74, 6) is -9.59. The van der Waals surface area contributed by atoms with Gasteiger partial charge in [-0.15, -0.1) is 0 Å². The van der Waals surface area contributed by atoms with Crippen LogP contribution in [-0.4, -0.2) is 165 Å². The van der Waals surface area contributed by atoms with E-state index < -0.39 is 134 Å². The number of amides is 7. The molecule has 0 bridgehead atoms. The van der Waals surface area contributed by atoms with Crippen LogP contribution >= 0.6 is 0 Å². The van der Waals surface area contributed by atoms with Gasteiger partial charge in [0.1, 0.15) is 48.3 Å². The molecule has 0 spiro atoms. The largest absolute Gasteiger partial charge is 0.480 e. The average Bonchev–Trinajstić information content (AvgIpc) is 3.20. The van der Waals surface area contributed by atoms with Crippen LogP contribution < -0.4 is 54.0 Å². The zero-order chi connectivity index (χ0) is 48.0. The molecule has 0 aromatic carbocycles. The molecule has 0 heterocycles. The lowest BCUT2D eigenvalue weighted by Crippen LogP contribution is -2.63. The van der Waals surface area contributed by atoms with E-state index in [0.717, 1.165) is 6.92 Å². The van der Waals surface area contributed by atoms with Crippen LogP contribution in [0.1, 0.15) is 74.1 Å². The zero-order valence-corrected chi connectivity index (χ0v) is 36.5. The second-order valence-electron chi connectivity index (χ2n) is 15.8. The molecule has 0 saturated carbocycles. The lowest BCUT2D eigenvalue weighted by molar-refractivity contribution is -0.143. The van der Waals surface area contributed by atoms with E-state index in [-0.39, 0.29) is 43.5 Å². The maximum Gasteiger partial charge on any atom is 0.328 e. The number of carboxylic acids is 1. The first-order valence-electron chi connectivity index (χ1n) is 20.3. The highest BCUT2D eigenvalue weighted by Crippen LogP contribution is 2.13. The number of carbonyl (C=O) groups is 8. The van der Waals surface area contributed by atoms with E-state index in [4.69, 9.17) is 21.7 Å². The average molecular weight is 891 g/mol. The monoisotopic (exact) mass is 891 g/mol. The molecule has 0 fully saturated rings. The first-order valence-corrected chi connectivity index (χ1v) is 20.3. The number of aliphatic hydroxyl groups is 5. The Kier molecular flexibility index (Phi) is 26.1. The van der Waals surface area contributed by atoms with Gasteiger partial charge in [-0.1, -0.05) is 54.5 Å². The smallest absolute Gasteiger partial charge is 0.328 e. The van der Waals surface area contributed by atoms with Crippen LogP contribution in [0.15, 0.2) is 12.4 Å². The highest BCUT2D eigenvalue weighted by atomic mass is 16.4. The Labute approximate surface area is 361 Å². The van der Waals surface area contributed by atoms with Gasteiger partial charge in [-0.2, -0.15) is 0 Å². The number of hydrogen-bond acceptors (Lipinski definition) is 16. The zero-order valence-electron chi connectivity index (χ0n) is 36.5. The van der Waals surface area contributed by atoms with E-state index in [0.29, 0.717) is 6.42 Å². The standard InChI is InChI=1S/C38H70N10O14/c1-9-19(6)28(36(59)48-29(20(7)52)37(60)45-25(15-50)33(56)44-24(14-49)34(57)46-26(16-51)38(61)62)47-31(54)22(11-10-12-41-21(8)39)42-32(55)23(13-17(2)3)43-35(58)27(40)30(53)18(4)5/h17-20,22-30,41,49-53H,8-16,39-40H2,1-7H3,(H,42,55)(H,43,58)(H,44,56)(H,45,60)(H,46,57)(H,47,54)(H,48,59)(H,61,62)/t19-,20-,22+,23-,24?,25+,26-,27-,28-,29-,30+/m0/s1. The van der Waals surface area contributed by atoms with Crippen molar-refractivity contribution in [1.82, 2.24) is 42.5 Å². The van der Waals surface area contributed by atoms with E-state index in [2.05, 4.69) is 38.5 Å². The van der Waals surface area contributed by atoms with Gasteiger partial charge in [0.2, 0.25) is 41.4 Å². The molecule has 18 N–H and O–H groups in total. The first kappa shape index (κ1) is 56.9. The van der Waals surface area contributed by atoms with Crippen molar-refractivity contribution in [1.29, 1.82) is 0 Å². The number of hydrogen-bond donors (Lipinski definition) is 16. The molecule has 0 aromatic rings. The Balaban J connectivity index is 6.36. The Hall–Kier alpha value is -5.14. The van der Waals surface area contributed by atoms with Crippen molar-refractivity contribution in [3.63, 3.8) is 0 Å². The Morgan fingerprint density at radius 1 is 0.597 bits per heavy atom. The number of nitrogens with one attached hydrogen (secondary N) is 8. The van der Waals surface area contributed by atoms with E-state index in [1.165, 1.54) is 0 Å². The highest BCUT2D eigenvalue weighted by Gasteiger charge is 2.37. The van der Waals surface area contributed by atoms with Crippen molar-refractivity contribution in [2.45, 2.75) is 135 Å². The SMILES string of the molecule is C=C(N)NCCC[C@@H](NC(=O)[C@H](CC(C)C)NC(=O)[C@@H](N)[C@H](O)C(C)C)C(=O)N[C@H](C(=O)N[C@H](C(=O)N[C@H](CO)C(=O)NC(CO)C(=O)N[C@@H](CO)C(=O)O)[C@H](C)O)[C@@H](C)CC. The molecule has 0 aliphatic rings. The van der Waals surface area contributed by atoms with E-state index >= 15 is 0 Å². The molecule has 356 valence electrons. The number of aliphatic carboxylic acids is 1. The van der Waals surface area contributed by atoms with E-state index in [1.54, 1.807) is 41.5 Å². The summed E-state index contributed by atoms with van der Waals surface area (Å²) < 4.78 is 0. The lowest BCUT2D eigenvalue weighted by atomic mass is 9.96. The quantitative estimate of drug-likeness (QED) is 0.0299. The number of aliphatic hydroxyl groups excluding tert-OH is 5. The molecule has 62 heavy (non-hydrogen) atoms. The normalized spacial score (nSPS) is 16.6. The molecule has 0 radical (unpaired) electrons. The van der Waals surface area contributed by atoms with Crippen molar-refractivity contribution in [3.8, 4) is 0 Å². The molecule has 1 unspecified atom stereocenters. The molecule has 0 aliphatic carbocycles. The van der Waals surface area contributed by atoms with Gasteiger partial charge in [0.25, 0.3) is 0 Å². The van der Waals surface area contributed by atoms with Gasteiger partial charge in [0.15, 0.2) is 0 Å². The molecule has 24 nitrogen and oxygen atoms in total. The van der Waals surface area contributed by atoms with Crippen LogP contribution in [0.3, 0.4) is 0 Å². The maximum atomic E-state index is 14.0. The Bertz CT molecular complexity index is 1520. The van der Waals surface area contributed by atoms with Crippen LogP contribution in [0.25, 0.3) is 0 Å². The van der Waals surface area contributed by atoms with Crippen molar-refractivity contribution in [2.75, 3.05) is 26.4 Å². The molecule has 24 heteroatoms. The number of rotatable bonds is 30. The fourth-order valence-corrected chi connectivity index (χ4v) is 5.62. The minimum absolute atomic E-state index is 0.00961. The van der Waals surface area contributed by atoms with Crippen molar-refractivity contribution < 1.29 is 69.0 Å². The van der Waals surface area contributed by atoms with Gasteiger partial charge in [0.05, 0.1) is 37.8 Å². The molecular weight excluding hydrogens is 820 g/mol. The minimum Gasteiger partial charge on any atom is -0.480 e. The molecule has 0 aliphatic heterocycles. The van der Waals surface area contributed by atoms with Gasteiger partial charge < -0.3 is 84.6 Å². The predicted molar refractivity (Wildman–Crippen MR) is 222 cm³/mol. The third kappa shape index (κ3) is 19.7. The number of carboxylic acid groups (broad SMARTS) is 1. The molecule has 0 rings (SSSR count). The van der Waals surface area contributed by atoms with Gasteiger partial charge in [-0.3, -0.25) is 33.6 Å². The minimum atomic E-state index is -1.84. The van der Waals surface area contributed by atoms with E-state index in [1.807, 2.05) is 10.6 Å². The highest BCUT2D eigenvalue weighted by molar-refractivity contribution is 5.98. The molecular formula is C38H70N10O14. The van der Waals surface area contributed by atoms with Crippen LogP contribution in [-0.2, 0) is 38.4 Å². The van der Waals surface area contributed by atoms with Crippen molar-refractivity contribution >= 4 is 47.3 Å². The third-order valence-corrected chi connectivity index (χ3v) is 9.63. The fraction of sp³-hybridized carbons (Fsp3) is 0.737. The summed E-state index contributed by atoms with van der Waals surface area (Å²) in [5, 5.41) is 77.6. The summed E-state index contributed by atoms with van der Waals surface area (Å²) >= 11 is 0. The lowest BCUT2D eigenvalue weighted by Gasteiger charge is -2.30. The summed E-state index contributed by atoms with van der Waals surface area (Å²) in [5.41, 5.74) is 11.6. The van der Waals surface area contributed by atoms with Crippen molar-refractivity contribution in [3.05, 3.63) is 12.4 Å². The summed E-state index contributed by atoms with van der Waals surface area (Å²) in [6.45, 7) is 12.0. The summed E-state index contributed by atoms with van der Waals surface area (Å²) in [7, 11) is 0. The second kappa shape index (κ2) is 28.5. The first-order chi connectivity index (χ1) is 28.9. The Morgan fingerprint density at radius 2 is 1.02 bits per heavy atom.